The van der Waals surface area contributed by atoms with Crippen molar-refractivity contribution in [2.75, 3.05) is 4.90 Å². The van der Waals surface area contributed by atoms with Crippen LogP contribution >= 0.6 is 0 Å². The molecule has 1 heteroatoms. The molecule has 0 N–H and O–H groups in total. The monoisotopic (exact) mass is 877 g/mol. The summed E-state index contributed by atoms with van der Waals surface area (Å²) < 4.78 is 0. The van der Waals surface area contributed by atoms with Gasteiger partial charge in [-0.25, -0.2) is 0 Å². The molecule has 0 saturated heterocycles. The lowest BCUT2D eigenvalue weighted by molar-refractivity contribution is 0.768. The van der Waals surface area contributed by atoms with Crippen molar-refractivity contribution in [3.63, 3.8) is 0 Å². The van der Waals surface area contributed by atoms with Crippen molar-refractivity contribution < 1.29 is 0 Å². The van der Waals surface area contributed by atoms with Gasteiger partial charge in [-0.05, 0) is 131 Å². The minimum atomic E-state index is -0.483. The quantitative estimate of drug-likeness (QED) is 0.140. The topological polar surface area (TPSA) is 3.24 Å². The third-order valence-electron chi connectivity index (χ3n) is 14.8. The number of benzene rings is 11. The third-order valence-corrected chi connectivity index (χ3v) is 14.8. The van der Waals surface area contributed by atoms with Gasteiger partial charge in [0.15, 0.2) is 0 Å². The van der Waals surface area contributed by atoms with E-state index in [1.165, 1.54) is 89.0 Å². The van der Waals surface area contributed by atoms with Crippen molar-refractivity contribution in [2.45, 2.75) is 10.8 Å². The van der Waals surface area contributed by atoms with Gasteiger partial charge in [-0.3, -0.25) is 0 Å². The first kappa shape index (κ1) is 40.5. The Morgan fingerprint density at radius 2 is 0.536 bits per heavy atom. The molecule has 69 heavy (non-hydrogen) atoms. The average Bonchev–Trinajstić information content (AvgIpc) is 3.91. The molecule has 0 atom stereocenters. The average molecular weight is 878 g/mol. The van der Waals surface area contributed by atoms with Gasteiger partial charge < -0.3 is 4.90 Å². The number of hydrogen-bond acceptors (Lipinski definition) is 1. The number of fused-ring (bicyclic) bond motifs is 6. The van der Waals surface area contributed by atoms with Crippen molar-refractivity contribution in [1.29, 1.82) is 0 Å². The van der Waals surface area contributed by atoms with Crippen LogP contribution in [0, 0.1) is 0 Å². The highest BCUT2D eigenvalue weighted by atomic mass is 15.1. The Bertz CT molecular complexity index is 3550. The lowest BCUT2D eigenvalue weighted by Gasteiger charge is -2.35. The van der Waals surface area contributed by atoms with Crippen LogP contribution in [0.15, 0.2) is 285 Å². The fourth-order valence-electron chi connectivity index (χ4n) is 11.9. The summed E-state index contributed by atoms with van der Waals surface area (Å²) in [5.74, 6) is 0. The van der Waals surface area contributed by atoms with Crippen LogP contribution in [-0.4, -0.2) is 0 Å². The molecular formula is C68H47N. The van der Waals surface area contributed by atoms with Gasteiger partial charge in [-0.15, -0.1) is 0 Å². The minimum absolute atomic E-state index is 0.477. The summed E-state index contributed by atoms with van der Waals surface area (Å²) >= 11 is 0. The molecule has 1 nitrogen and oxygen atoms in total. The van der Waals surface area contributed by atoms with Crippen LogP contribution in [-0.2, 0) is 10.8 Å². The van der Waals surface area contributed by atoms with Crippen molar-refractivity contribution in [3.8, 4) is 44.5 Å². The molecule has 0 amide bonds. The summed E-state index contributed by atoms with van der Waals surface area (Å²) in [4.78, 5) is 2.44. The zero-order valence-electron chi connectivity index (χ0n) is 38.1. The molecule has 0 unspecified atom stereocenters. The van der Waals surface area contributed by atoms with Gasteiger partial charge in [0, 0.05) is 17.1 Å². The lowest BCUT2D eigenvalue weighted by Crippen LogP contribution is -2.28. The van der Waals surface area contributed by atoms with Crippen LogP contribution in [0.4, 0.5) is 17.1 Å². The Hall–Kier alpha value is -8.78. The lowest BCUT2D eigenvalue weighted by atomic mass is 9.67. The highest BCUT2D eigenvalue weighted by Crippen LogP contribution is 2.58. The summed E-state index contributed by atoms with van der Waals surface area (Å²) in [6.07, 6.45) is 0. The van der Waals surface area contributed by atoms with Gasteiger partial charge in [0.25, 0.3) is 0 Å². The first-order valence-electron chi connectivity index (χ1n) is 24.0. The van der Waals surface area contributed by atoms with Crippen molar-refractivity contribution in [1.82, 2.24) is 0 Å². The molecule has 0 fully saturated rings. The fourth-order valence-corrected chi connectivity index (χ4v) is 11.9. The molecule has 2 aliphatic rings. The van der Waals surface area contributed by atoms with Crippen molar-refractivity contribution in [3.05, 3.63) is 330 Å². The highest BCUT2D eigenvalue weighted by molar-refractivity contribution is 5.91. The Kier molecular flexibility index (Phi) is 9.70. The second-order valence-corrected chi connectivity index (χ2v) is 18.3. The van der Waals surface area contributed by atoms with Crippen LogP contribution in [0.2, 0.25) is 0 Å². The molecule has 11 aromatic rings. The Morgan fingerprint density at radius 1 is 0.203 bits per heavy atom. The molecule has 0 spiro atoms. The van der Waals surface area contributed by atoms with E-state index in [0.29, 0.717) is 0 Å². The summed E-state index contributed by atoms with van der Waals surface area (Å²) in [5.41, 5.74) is 22.4. The van der Waals surface area contributed by atoms with Crippen LogP contribution < -0.4 is 4.90 Å². The molecular weight excluding hydrogens is 831 g/mol. The second-order valence-electron chi connectivity index (χ2n) is 18.3. The Balaban J connectivity index is 0.992. The zero-order chi connectivity index (χ0) is 45.8. The number of hydrogen-bond donors (Lipinski definition) is 0. The standard InChI is InChI=1S/C68H47N/c1-5-20-48(21-6-1)50-22-19-23-51(46-50)49-36-40-56(41-37-49)69(57-42-38-55(39-43-57)68(54-28-11-4-12-29-54)63-33-16-13-30-59(63)60-31-14-17-34-64(60)68)58-44-45-66-62(47-58)61-32-15-18-35-65(61)67(66,52-24-7-2-8-25-52)53-26-9-3-10-27-53/h1-47H. The van der Waals surface area contributed by atoms with E-state index >= 15 is 0 Å². The second kappa shape index (κ2) is 16.5. The Labute approximate surface area is 404 Å². The summed E-state index contributed by atoms with van der Waals surface area (Å²) in [7, 11) is 0. The molecule has 13 rings (SSSR count). The molecule has 2 aliphatic carbocycles. The van der Waals surface area contributed by atoms with Crippen LogP contribution in [0.3, 0.4) is 0 Å². The number of anilines is 3. The molecule has 0 aromatic heterocycles. The summed E-state index contributed by atoms with van der Waals surface area (Å²) in [5, 5.41) is 0. The molecule has 0 bridgehead atoms. The molecule has 0 heterocycles. The van der Waals surface area contributed by atoms with E-state index in [2.05, 4.69) is 290 Å². The van der Waals surface area contributed by atoms with Crippen molar-refractivity contribution >= 4 is 17.1 Å². The number of nitrogens with zero attached hydrogens (tertiary/aromatic N) is 1. The number of rotatable bonds is 9. The zero-order valence-corrected chi connectivity index (χ0v) is 38.1. The largest absolute Gasteiger partial charge is 0.310 e. The Morgan fingerprint density at radius 3 is 1.01 bits per heavy atom. The third kappa shape index (κ3) is 6.32. The highest BCUT2D eigenvalue weighted by Gasteiger charge is 2.47. The van der Waals surface area contributed by atoms with E-state index in [1.54, 1.807) is 0 Å². The summed E-state index contributed by atoms with van der Waals surface area (Å²) in [6, 6.07) is 105. The van der Waals surface area contributed by atoms with Gasteiger partial charge in [0.05, 0.1) is 10.8 Å². The van der Waals surface area contributed by atoms with E-state index in [-0.39, 0.29) is 0 Å². The van der Waals surface area contributed by atoms with E-state index in [9.17, 15) is 0 Å². The maximum Gasteiger partial charge on any atom is 0.0713 e. The first-order chi connectivity index (χ1) is 34.2. The molecule has 0 saturated carbocycles. The van der Waals surface area contributed by atoms with E-state index in [4.69, 9.17) is 0 Å². The van der Waals surface area contributed by atoms with E-state index in [0.717, 1.165) is 17.1 Å². The van der Waals surface area contributed by atoms with Gasteiger partial charge in [-0.2, -0.15) is 0 Å². The predicted octanol–water partition coefficient (Wildman–Crippen LogP) is 17.2. The smallest absolute Gasteiger partial charge is 0.0713 e. The van der Waals surface area contributed by atoms with Gasteiger partial charge >= 0.3 is 0 Å². The van der Waals surface area contributed by atoms with Crippen LogP contribution in [0.1, 0.15) is 44.5 Å². The molecule has 0 aliphatic heterocycles. The van der Waals surface area contributed by atoms with Crippen LogP contribution in [0.5, 0.6) is 0 Å². The molecule has 324 valence electrons. The predicted molar refractivity (Wildman–Crippen MR) is 287 cm³/mol. The normalized spacial score (nSPS) is 13.4. The first-order valence-corrected chi connectivity index (χ1v) is 24.0. The molecule has 0 radical (unpaired) electrons. The van der Waals surface area contributed by atoms with Gasteiger partial charge in [0.1, 0.15) is 0 Å². The maximum atomic E-state index is 2.44. The maximum absolute atomic E-state index is 2.44. The minimum Gasteiger partial charge on any atom is -0.310 e. The van der Waals surface area contributed by atoms with Crippen molar-refractivity contribution in [2.24, 2.45) is 0 Å². The van der Waals surface area contributed by atoms with E-state index < -0.39 is 10.8 Å². The van der Waals surface area contributed by atoms with Gasteiger partial charge in [0.2, 0.25) is 0 Å². The fraction of sp³-hybridized carbons (Fsp3) is 0.0294. The van der Waals surface area contributed by atoms with E-state index in [1.807, 2.05) is 0 Å². The summed E-state index contributed by atoms with van der Waals surface area (Å²) in [6.45, 7) is 0. The van der Waals surface area contributed by atoms with Crippen LogP contribution in [0.25, 0.3) is 44.5 Å². The SMILES string of the molecule is c1ccc(-c2cccc(-c3ccc(N(c4ccc(C5(c6ccccc6)c6ccccc6-c6ccccc65)cc4)c4ccc5c(c4)-c4ccccc4C5(c4ccccc4)c4ccccc4)cc3)c2)cc1. The van der Waals surface area contributed by atoms with Gasteiger partial charge in [-0.1, -0.05) is 243 Å². The molecule has 11 aromatic carbocycles.